The first kappa shape index (κ1) is 16.1. The molecule has 0 aromatic rings. The molecule has 0 aromatic carbocycles. The highest BCUT2D eigenvalue weighted by atomic mass is 16.5. The molecular formula is C12H18O6. The van der Waals surface area contributed by atoms with Crippen LogP contribution in [0.15, 0.2) is 12.7 Å². The molecule has 0 aliphatic carbocycles. The fourth-order valence-electron chi connectivity index (χ4n) is 1.40. The maximum absolute atomic E-state index is 11.1. The lowest BCUT2D eigenvalue weighted by molar-refractivity contribution is -0.152. The molecule has 0 saturated carbocycles. The van der Waals surface area contributed by atoms with Gasteiger partial charge in [0.2, 0.25) is 0 Å². The average molecular weight is 258 g/mol. The summed E-state index contributed by atoms with van der Waals surface area (Å²) in [4.78, 5) is 32.3. The number of hydrogen-bond acceptors (Lipinski definition) is 4. The van der Waals surface area contributed by atoms with Crippen molar-refractivity contribution < 1.29 is 29.3 Å². The van der Waals surface area contributed by atoms with Gasteiger partial charge in [0, 0.05) is 12.5 Å². The molecule has 0 aliphatic heterocycles. The van der Waals surface area contributed by atoms with Crippen LogP contribution in [0.25, 0.3) is 0 Å². The second-order valence-electron chi connectivity index (χ2n) is 4.23. The molecule has 102 valence electrons. The Bertz CT molecular complexity index is 335. The molecule has 0 fully saturated rings. The zero-order valence-electron chi connectivity index (χ0n) is 10.3. The van der Waals surface area contributed by atoms with Crippen molar-refractivity contribution in [1.82, 2.24) is 0 Å². The van der Waals surface area contributed by atoms with Crippen molar-refractivity contribution in [2.75, 3.05) is 6.61 Å². The Labute approximate surface area is 105 Å². The van der Waals surface area contributed by atoms with E-state index in [9.17, 15) is 14.4 Å². The van der Waals surface area contributed by atoms with Crippen molar-refractivity contribution in [1.29, 1.82) is 0 Å². The van der Waals surface area contributed by atoms with Crippen LogP contribution in [0.3, 0.4) is 0 Å². The number of esters is 1. The Morgan fingerprint density at radius 1 is 1.28 bits per heavy atom. The van der Waals surface area contributed by atoms with Crippen LogP contribution in [0.2, 0.25) is 0 Å². The Kier molecular flexibility index (Phi) is 6.70. The number of hydrogen-bond donors (Lipinski definition) is 2. The Morgan fingerprint density at radius 3 is 2.33 bits per heavy atom. The minimum atomic E-state index is -1.09. The van der Waals surface area contributed by atoms with E-state index in [1.54, 1.807) is 0 Å². The molecule has 0 heterocycles. The van der Waals surface area contributed by atoms with Gasteiger partial charge < -0.3 is 14.9 Å². The van der Waals surface area contributed by atoms with Crippen molar-refractivity contribution in [2.24, 2.45) is 5.41 Å². The number of rotatable bonds is 9. The number of carboxylic acids is 2. The zero-order valence-corrected chi connectivity index (χ0v) is 10.3. The maximum Gasteiger partial charge on any atom is 0.330 e. The van der Waals surface area contributed by atoms with Crippen LogP contribution < -0.4 is 0 Å². The number of carboxylic acid groups (broad SMARTS) is 2. The van der Waals surface area contributed by atoms with Gasteiger partial charge in [0.1, 0.15) is 0 Å². The number of ether oxygens (including phenoxy) is 1. The van der Waals surface area contributed by atoms with Gasteiger partial charge in [-0.15, -0.1) is 0 Å². The smallest absolute Gasteiger partial charge is 0.330 e. The van der Waals surface area contributed by atoms with Gasteiger partial charge in [-0.25, -0.2) is 4.79 Å². The Morgan fingerprint density at radius 2 is 1.89 bits per heavy atom. The minimum Gasteiger partial charge on any atom is -0.481 e. The summed E-state index contributed by atoms with van der Waals surface area (Å²) in [5, 5.41) is 17.6. The highest BCUT2D eigenvalue weighted by molar-refractivity contribution is 5.81. The van der Waals surface area contributed by atoms with Crippen LogP contribution in [0.5, 0.6) is 0 Å². The summed E-state index contributed by atoms with van der Waals surface area (Å²) in [5.74, 6) is -2.59. The molecule has 0 saturated heterocycles. The summed E-state index contributed by atoms with van der Waals surface area (Å²) in [6, 6.07) is 0. The third-order valence-corrected chi connectivity index (χ3v) is 2.70. The van der Waals surface area contributed by atoms with Gasteiger partial charge >= 0.3 is 17.9 Å². The molecule has 0 aliphatic rings. The molecule has 0 amide bonds. The van der Waals surface area contributed by atoms with E-state index in [1.807, 2.05) is 0 Å². The zero-order chi connectivity index (χ0) is 14.2. The summed E-state index contributed by atoms with van der Waals surface area (Å²) < 4.78 is 4.73. The molecule has 0 spiro atoms. The summed E-state index contributed by atoms with van der Waals surface area (Å²) >= 11 is 0. The maximum atomic E-state index is 11.1. The molecule has 2 N–H and O–H groups in total. The van der Waals surface area contributed by atoms with Gasteiger partial charge in [-0.1, -0.05) is 6.58 Å². The molecule has 1 unspecified atom stereocenters. The summed E-state index contributed by atoms with van der Waals surface area (Å²) in [6.07, 6.45) is 1.56. The molecule has 6 heteroatoms. The standard InChI is InChI=1S/C12H18O6/c1-3-10(15)18-8-7-12(2,11(16)17)6-4-5-9(13)14/h3H,1,4-8H2,2H3,(H,13,14)(H,16,17). The number of carbonyl (C=O) groups excluding carboxylic acids is 1. The van der Waals surface area contributed by atoms with Crippen molar-refractivity contribution in [2.45, 2.75) is 32.6 Å². The quantitative estimate of drug-likeness (QED) is 0.479. The van der Waals surface area contributed by atoms with E-state index in [2.05, 4.69) is 6.58 Å². The van der Waals surface area contributed by atoms with E-state index < -0.39 is 23.3 Å². The van der Waals surface area contributed by atoms with E-state index in [0.717, 1.165) is 6.08 Å². The van der Waals surface area contributed by atoms with Gasteiger partial charge in [-0.05, 0) is 26.2 Å². The van der Waals surface area contributed by atoms with Crippen molar-refractivity contribution in [3.63, 3.8) is 0 Å². The fourth-order valence-corrected chi connectivity index (χ4v) is 1.40. The van der Waals surface area contributed by atoms with Gasteiger partial charge in [0.05, 0.1) is 12.0 Å². The molecular weight excluding hydrogens is 240 g/mol. The molecule has 0 radical (unpaired) electrons. The largest absolute Gasteiger partial charge is 0.481 e. The monoisotopic (exact) mass is 258 g/mol. The average Bonchev–Trinajstić information content (AvgIpc) is 2.28. The molecule has 0 bridgehead atoms. The molecule has 18 heavy (non-hydrogen) atoms. The molecule has 1 atom stereocenters. The first-order chi connectivity index (χ1) is 8.31. The Hall–Kier alpha value is -1.85. The van der Waals surface area contributed by atoms with E-state index in [1.165, 1.54) is 6.92 Å². The van der Waals surface area contributed by atoms with Crippen LogP contribution in [0.1, 0.15) is 32.6 Å². The number of carbonyl (C=O) groups is 3. The van der Waals surface area contributed by atoms with Gasteiger partial charge in [-0.2, -0.15) is 0 Å². The lowest BCUT2D eigenvalue weighted by Crippen LogP contribution is -2.29. The third-order valence-electron chi connectivity index (χ3n) is 2.70. The van der Waals surface area contributed by atoms with E-state index in [4.69, 9.17) is 14.9 Å². The van der Waals surface area contributed by atoms with Crippen LogP contribution in [-0.4, -0.2) is 34.7 Å². The van der Waals surface area contributed by atoms with E-state index in [-0.39, 0.29) is 32.3 Å². The second-order valence-corrected chi connectivity index (χ2v) is 4.23. The van der Waals surface area contributed by atoms with Gasteiger partial charge in [0.15, 0.2) is 0 Å². The Balaban J connectivity index is 4.25. The van der Waals surface area contributed by atoms with E-state index in [0.29, 0.717) is 0 Å². The molecule has 0 rings (SSSR count). The third kappa shape index (κ3) is 6.03. The predicted molar refractivity (Wildman–Crippen MR) is 63.0 cm³/mol. The first-order valence-corrected chi connectivity index (χ1v) is 5.56. The highest BCUT2D eigenvalue weighted by Crippen LogP contribution is 2.28. The first-order valence-electron chi connectivity index (χ1n) is 5.56. The highest BCUT2D eigenvalue weighted by Gasteiger charge is 2.32. The normalized spacial score (nSPS) is 13.4. The van der Waals surface area contributed by atoms with Crippen molar-refractivity contribution in [3.05, 3.63) is 12.7 Å². The van der Waals surface area contributed by atoms with Crippen LogP contribution >= 0.6 is 0 Å². The lowest BCUT2D eigenvalue weighted by Gasteiger charge is -2.24. The topological polar surface area (TPSA) is 101 Å². The second kappa shape index (κ2) is 7.47. The van der Waals surface area contributed by atoms with Crippen LogP contribution in [-0.2, 0) is 19.1 Å². The van der Waals surface area contributed by atoms with Crippen LogP contribution in [0.4, 0.5) is 0 Å². The van der Waals surface area contributed by atoms with Crippen molar-refractivity contribution in [3.8, 4) is 0 Å². The van der Waals surface area contributed by atoms with Crippen molar-refractivity contribution >= 4 is 17.9 Å². The van der Waals surface area contributed by atoms with E-state index >= 15 is 0 Å². The van der Waals surface area contributed by atoms with Gasteiger partial charge in [0.25, 0.3) is 0 Å². The predicted octanol–water partition coefficient (Wildman–Crippen LogP) is 1.45. The summed E-state index contributed by atoms with van der Waals surface area (Å²) in [5.41, 5.74) is -1.09. The minimum absolute atomic E-state index is 0.0271. The lowest BCUT2D eigenvalue weighted by atomic mass is 9.82. The number of aliphatic carboxylic acids is 2. The van der Waals surface area contributed by atoms with Crippen LogP contribution in [0, 0.1) is 5.41 Å². The van der Waals surface area contributed by atoms with Gasteiger partial charge in [-0.3, -0.25) is 9.59 Å². The SMILES string of the molecule is C=CC(=O)OCCC(C)(CCCC(=O)O)C(=O)O. The molecule has 6 nitrogen and oxygen atoms in total. The fraction of sp³-hybridized carbons (Fsp3) is 0.583. The summed E-state index contributed by atoms with van der Waals surface area (Å²) in [7, 11) is 0. The molecule has 0 aromatic heterocycles. The summed E-state index contributed by atoms with van der Waals surface area (Å²) in [6.45, 7) is 4.71.